The molecule has 0 bridgehead atoms. The highest BCUT2D eigenvalue weighted by atomic mass is 19.1. The van der Waals surface area contributed by atoms with Crippen molar-refractivity contribution in [2.45, 2.75) is 25.4 Å². The zero-order chi connectivity index (χ0) is 16.1. The fraction of sp³-hybridized carbons (Fsp3) is 0.588. The molecule has 0 aliphatic heterocycles. The molecular formula is C17H27FN4. The molecule has 1 atom stereocenters. The van der Waals surface area contributed by atoms with E-state index in [1.807, 2.05) is 19.2 Å². The molecule has 122 valence electrons. The van der Waals surface area contributed by atoms with Crippen molar-refractivity contribution < 1.29 is 4.39 Å². The van der Waals surface area contributed by atoms with Crippen LogP contribution in [0.5, 0.6) is 0 Å². The van der Waals surface area contributed by atoms with E-state index in [2.05, 4.69) is 34.2 Å². The minimum atomic E-state index is -0.202. The van der Waals surface area contributed by atoms with E-state index in [-0.39, 0.29) is 5.82 Å². The van der Waals surface area contributed by atoms with Crippen molar-refractivity contribution in [1.82, 2.24) is 15.1 Å². The van der Waals surface area contributed by atoms with Gasteiger partial charge in [-0.25, -0.2) is 4.39 Å². The Hall–Kier alpha value is -1.62. The maximum Gasteiger partial charge on any atom is 0.193 e. The molecule has 0 aromatic heterocycles. The molecule has 1 aromatic rings. The standard InChI is InChI=1S/C17H27FN4/c1-19-17(20-11-16(21(2)3)14-7-8-14)22(4)12-13-5-9-15(18)10-6-13/h5-6,9-10,14,16H,7-8,11-12H2,1-4H3,(H,19,20). The zero-order valence-electron chi connectivity index (χ0n) is 14.0. The van der Waals surface area contributed by atoms with Crippen molar-refractivity contribution in [3.8, 4) is 0 Å². The van der Waals surface area contributed by atoms with E-state index in [4.69, 9.17) is 0 Å². The van der Waals surface area contributed by atoms with Crippen LogP contribution in [0.1, 0.15) is 18.4 Å². The number of hydrogen-bond acceptors (Lipinski definition) is 2. The summed E-state index contributed by atoms with van der Waals surface area (Å²) in [5, 5.41) is 3.46. The third kappa shape index (κ3) is 4.70. The summed E-state index contributed by atoms with van der Waals surface area (Å²) in [5.74, 6) is 1.48. The van der Waals surface area contributed by atoms with Gasteiger partial charge in [0.15, 0.2) is 5.96 Å². The van der Waals surface area contributed by atoms with Gasteiger partial charge in [-0.15, -0.1) is 0 Å². The van der Waals surface area contributed by atoms with E-state index in [1.54, 1.807) is 7.05 Å². The molecule has 0 amide bonds. The molecule has 1 fully saturated rings. The number of halogens is 1. The van der Waals surface area contributed by atoms with Crippen LogP contribution in [0.25, 0.3) is 0 Å². The highest BCUT2D eigenvalue weighted by molar-refractivity contribution is 5.79. The van der Waals surface area contributed by atoms with Crippen LogP contribution in [0.2, 0.25) is 0 Å². The minimum Gasteiger partial charge on any atom is -0.355 e. The number of hydrogen-bond donors (Lipinski definition) is 1. The van der Waals surface area contributed by atoms with Gasteiger partial charge in [-0.2, -0.15) is 0 Å². The predicted octanol–water partition coefficient (Wildman–Crippen LogP) is 2.17. The van der Waals surface area contributed by atoms with E-state index in [1.165, 1.54) is 25.0 Å². The quantitative estimate of drug-likeness (QED) is 0.645. The van der Waals surface area contributed by atoms with Crippen LogP contribution in [0.4, 0.5) is 4.39 Å². The number of aliphatic imine (C=N–C) groups is 1. The number of likely N-dealkylation sites (N-methyl/N-ethyl adjacent to an activating group) is 1. The summed E-state index contributed by atoms with van der Waals surface area (Å²) in [6, 6.07) is 7.16. The lowest BCUT2D eigenvalue weighted by Crippen LogP contribution is -2.46. The molecular weight excluding hydrogens is 279 g/mol. The summed E-state index contributed by atoms with van der Waals surface area (Å²) in [5.41, 5.74) is 1.07. The van der Waals surface area contributed by atoms with E-state index in [9.17, 15) is 4.39 Å². The average molecular weight is 306 g/mol. The average Bonchev–Trinajstić information content (AvgIpc) is 3.30. The SMILES string of the molecule is CN=C(NCC(C1CC1)N(C)C)N(C)Cc1ccc(F)cc1. The van der Waals surface area contributed by atoms with Gasteiger partial charge in [0.2, 0.25) is 0 Å². The molecule has 2 rings (SSSR count). The molecule has 22 heavy (non-hydrogen) atoms. The molecule has 0 heterocycles. The monoisotopic (exact) mass is 306 g/mol. The smallest absolute Gasteiger partial charge is 0.193 e. The summed E-state index contributed by atoms with van der Waals surface area (Å²) in [6.45, 7) is 1.61. The number of rotatable bonds is 6. The van der Waals surface area contributed by atoms with Crippen LogP contribution in [0, 0.1) is 11.7 Å². The Morgan fingerprint density at radius 2 is 1.91 bits per heavy atom. The molecule has 0 radical (unpaired) electrons. The number of guanidine groups is 1. The maximum atomic E-state index is 13.0. The third-order valence-electron chi connectivity index (χ3n) is 4.21. The molecule has 1 aliphatic carbocycles. The Balaban J connectivity index is 1.88. The van der Waals surface area contributed by atoms with Crippen LogP contribution >= 0.6 is 0 Å². The largest absolute Gasteiger partial charge is 0.355 e. The third-order valence-corrected chi connectivity index (χ3v) is 4.21. The van der Waals surface area contributed by atoms with Gasteiger partial charge < -0.3 is 15.1 Å². The van der Waals surface area contributed by atoms with E-state index in [0.29, 0.717) is 12.6 Å². The molecule has 1 unspecified atom stereocenters. The first-order valence-corrected chi connectivity index (χ1v) is 7.84. The Kier molecular flexibility index (Phi) is 5.77. The number of nitrogens with one attached hydrogen (secondary N) is 1. The summed E-state index contributed by atoms with van der Waals surface area (Å²) in [6.07, 6.45) is 2.66. The number of nitrogens with zero attached hydrogens (tertiary/aromatic N) is 3. The van der Waals surface area contributed by atoms with Crippen LogP contribution in [0.3, 0.4) is 0 Å². The van der Waals surface area contributed by atoms with E-state index < -0.39 is 0 Å². The van der Waals surface area contributed by atoms with Crippen molar-refractivity contribution >= 4 is 5.96 Å². The van der Waals surface area contributed by atoms with Gasteiger partial charge in [0.25, 0.3) is 0 Å². The van der Waals surface area contributed by atoms with Gasteiger partial charge in [-0.05, 0) is 50.6 Å². The first-order chi connectivity index (χ1) is 10.5. The lowest BCUT2D eigenvalue weighted by molar-refractivity contribution is 0.262. The van der Waals surface area contributed by atoms with Crippen molar-refractivity contribution in [2.24, 2.45) is 10.9 Å². The van der Waals surface area contributed by atoms with Gasteiger partial charge in [0.05, 0.1) is 0 Å². The topological polar surface area (TPSA) is 30.9 Å². The first kappa shape index (κ1) is 16.7. The Labute approximate surface area is 133 Å². The Morgan fingerprint density at radius 3 is 2.41 bits per heavy atom. The number of benzene rings is 1. The van der Waals surface area contributed by atoms with Crippen molar-refractivity contribution in [1.29, 1.82) is 0 Å². The molecule has 4 nitrogen and oxygen atoms in total. The summed E-state index contributed by atoms with van der Waals surface area (Å²) >= 11 is 0. The first-order valence-electron chi connectivity index (χ1n) is 7.84. The van der Waals surface area contributed by atoms with E-state index >= 15 is 0 Å². The van der Waals surface area contributed by atoms with Crippen molar-refractivity contribution in [3.63, 3.8) is 0 Å². The van der Waals surface area contributed by atoms with Gasteiger partial charge in [-0.1, -0.05) is 12.1 Å². The summed E-state index contributed by atoms with van der Waals surface area (Å²) < 4.78 is 13.0. The highest BCUT2D eigenvalue weighted by Gasteiger charge is 2.32. The second-order valence-electron chi connectivity index (χ2n) is 6.28. The summed E-state index contributed by atoms with van der Waals surface area (Å²) in [4.78, 5) is 8.70. The van der Waals surface area contributed by atoms with Crippen LogP contribution in [-0.2, 0) is 6.54 Å². The van der Waals surface area contributed by atoms with Gasteiger partial charge >= 0.3 is 0 Å². The van der Waals surface area contributed by atoms with Crippen molar-refractivity contribution in [3.05, 3.63) is 35.6 Å². The highest BCUT2D eigenvalue weighted by Crippen LogP contribution is 2.34. The molecule has 1 aromatic carbocycles. The lowest BCUT2D eigenvalue weighted by atomic mass is 10.1. The lowest BCUT2D eigenvalue weighted by Gasteiger charge is -2.28. The van der Waals surface area contributed by atoms with Crippen LogP contribution < -0.4 is 5.32 Å². The molecule has 5 heteroatoms. The second kappa shape index (κ2) is 7.58. The Bertz CT molecular complexity index is 492. The zero-order valence-corrected chi connectivity index (χ0v) is 14.0. The molecule has 0 spiro atoms. The fourth-order valence-corrected chi connectivity index (χ4v) is 2.77. The molecule has 0 saturated heterocycles. The molecule has 1 N–H and O–H groups in total. The normalized spacial score (nSPS) is 16.7. The predicted molar refractivity (Wildman–Crippen MR) is 89.4 cm³/mol. The van der Waals surface area contributed by atoms with Crippen LogP contribution in [-0.4, -0.2) is 56.5 Å². The minimum absolute atomic E-state index is 0.202. The maximum absolute atomic E-state index is 13.0. The van der Waals surface area contributed by atoms with E-state index in [0.717, 1.165) is 24.0 Å². The van der Waals surface area contributed by atoms with Gasteiger partial charge in [0, 0.05) is 33.2 Å². The van der Waals surface area contributed by atoms with Crippen molar-refractivity contribution in [2.75, 3.05) is 34.7 Å². The Morgan fingerprint density at radius 1 is 1.27 bits per heavy atom. The fourth-order valence-electron chi connectivity index (χ4n) is 2.77. The molecule has 1 aliphatic rings. The second-order valence-corrected chi connectivity index (χ2v) is 6.28. The molecule has 1 saturated carbocycles. The van der Waals surface area contributed by atoms with Gasteiger partial charge in [-0.3, -0.25) is 4.99 Å². The van der Waals surface area contributed by atoms with Gasteiger partial charge in [0.1, 0.15) is 5.82 Å². The summed E-state index contributed by atoms with van der Waals surface area (Å²) in [7, 11) is 8.07. The van der Waals surface area contributed by atoms with Crippen LogP contribution in [0.15, 0.2) is 29.3 Å².